The third kappa shape index (κ3) is 7.99. The van der Waals surface area contributed by atoms with Crippen molar-refractivity contribution < 1.29 is 4.79 Å². The maximum atomic E-state index is 11.1. The molecule has 0 aromatic carbocycles. The highest BCUT2D eigenvalue weighted by molar-refractivity contribution is 5.80. The number of guanidine groups is 1. The Morgan fingerprint density at radius 3 is 2.58 bits per heavy atom. The number of piperidine rings is 1. The number of hydrogen-bond acceptors (Lipinski definition) is 3. The summed E-state index contributed by atoms with van der Waals surface area (Å²) >= 11 is 0. The first-order chi connectivity index (χ1) is 11.6. The van der Waals surface area contributed by atoms with Crippen molar-refractivity contribution in [3.05, 3.63) is 0 Å². The first kappa shape index (κ1) is 20.7. The predicted molar refractivity (Wildman–Crippen MR) is 101 cm³/mol. The summed E-state index contributed by atoms with van der Waals surface area (Å²) in [5, 5.41) is 3.49. The number of carbonyl (C=O) groups is 1. The fourth-order valence-corrected chi connectivity index (χ4v) is 3.51. The molecule has 24 heavy (non-hydrogen) atoms. The van der Waals surface area contributed by atoms with Crippen LogP contribution in [0.2, 0.25) is 0 Å². The van der Waals surface area contributed by atoms with Crippen LogP contribution in [-0.2, 0) is 4.79 Å². The van der Waals surface area contributed by atoms with Crippen LogP contribution in [0.4, 0.5) is 0 Å². The van der Waals surface area contributed by atoms with Gasteiger partial charge in [-0.3, -0.25) is 9.79 Å². The standard InChI is InChI=1S/C18H37N5O/c1-4-10-22(11-5-2)12-7-9-21-18(20-3)23-13-6-8-16(15-23)14-17(19)24/h16H,4-15H2,1-3H3,(H2,19,24)(H,20,21). The van der Waals surface area contributed by atoms with E-state index < -0.39 is 0 Å². The second kappa shape index (κ2) is 12.1. The summed E-state index contributed by atoms with van der Waals surface area (Å²) in [6.07, 6.45) is 6.21. The lowest BCUT2D eigenvalue weighted by Gasteiger charge is -2.34. The molecule has 1 heterocycles. The van der Waals surface area contributed by atoms with E-state index in [4.69, 9.17) is 5.73 Å². The van der Waals surface area contributed by atoms with E-state index in [1.165, 1.54) is 25.9 Å². The lowest BCUT2D eigenvalue weighted by Crippen LogP contribution is -2.47. The molecule has 0 aromatic rings. The van der Waals surface area contributed by atoms with Crippen LogP contribution in [0, 0.1) is 5.92 Å². The molecule has 1 fully saturated rings. The topological polar surface area (TPSA) is 74.0 Å². The van der Waals surface area contributed by atoms with Gasteiger partial charge >= 0.3 is 0 Å². The number of primary amides is 1. The molecule has 1 rings (SSSR count). The fraction of sp³-hybridized carbons (Fsp3) is 0.889. The number of nitrogens with two attached hydrogens (primary N) is 1. The Balaban J connectivity index is 2.35. The predicted octanol–water partition coefficient (Wildman–Crippen LogP) is 1.66. The van der Waals surface area contributed by atoms with Gasteiger partial charge in [0.15, 0.2) is 5.96 Å². The van der Waals surface area contributed by atoms with Crippen molar-refractivity contribution in [1.29, 1.82) is 0 Å². The SMILES string of the molecule is CCCN(CCC)CCCNC(=NC)N1CCCC(CC(N)=O)C1. The number of aliphatic imine (C=N–C) groups is 1. The number of nitrogens with zero attached hydrogens (tertiary/aromatic N) is 3. The van der Waals surface area contributed by atoms with E-state index in [9.17, 15) is 4.79 Å². The van der Waals surface area contributed by atoms with Gasteiger partial charge in [-0.2, -0.15) is 0 Å². The molecule has 1 atom stereocenters. The molecular weight excluding hydrogens is 302 g/mol. The molecule has 0 spiro atoms. The Labute approximate surface area is 147 Å². The number of carbonyl (C=O) groups excluding carboxylic acids is 1. The molecule has 1 amide bonds. The average molecular weight is 340 g/mol. The molecule has 3 N–H and O–H groups in total. The maximum Gasteiger partial charge on any atom is 0.217 e. The fourth-order valence-electron chi connectivity index (χ4n) is 3.51. The molecule has 1 aliphatic heterocycles. The van der Waals surface area contributed by atoms with Crippen LogP contribution in [0.1, 0.15) is 52.4 Å². The maximum absolute atomic E-state index is 11.1. The van der Waals surface area contributed by atoms with E-state index in [1.54, 1.807) is 0 Å². The molecule has 6 nitrogen and oxygen atoms in total. The number of amides is 1. The molecule has 0 aliphatic carbocycles. The van der Waals surface area contributed by atoms with E-state index in [0.29, 0.717) is 12.3 Å². The summed E-state index contributed by atoms with van der Waals surface area (Å²) in [7, 11) is 1.83. The third-order valence-electron chi connectivity index (χ3n) is 4.53. The minimum Gasteiger partial charge on any atom is -0.370 e. The Bertz CT molecular complexity index is 380. The van der Waals surface area contributed by atoms with Crippen LogP contribution in [-0.4, -0.2) is 68.0 Å². The van der Waals surface area contributed by atoms with Crippen LogP contribution in [0.3, 0.4) is 0 Å². The van der Waals surface area contributed by atoms with E-state index in [-0.39, 0.29) is 5.91 Å². The Morgan fingerprint density at radius 2 is 2.00 bits per heavy atom. The van der Waals surface area contributed by atoms with Gasteiger partial charge in [0.1, 0.15) is 0 Å². The van der Waals surface area contributed by atoms with Crippen molar-refractivity contribution in [2.75, 3.05) is 46.3 Å². The summed E-state index contributed by atoms with van der Waals surface area (Å²) in [5.41, 5.74) is 5.35. The van der Waals surface area contributed by atoms with Gasteiger partial charge in [0, 0.05) is 33.1 Å². The zero-order valence-corrected chi connectivity index (χ0v) is 15.9. The first-order valence-corrected chi connectivity index (χ1v) is 9.56. The zero-order valence-electron chi connectivity index (χ0n) is 15.9. The molecule has 0 radical (unpaired) electrons. The number of hydrogen-bond donors (Lipinski definition) is 2. The van der Waals surface area contributed by atoms with Crippen molar-refractivity contribution in [2.45, 2.75) is 52.4 Å². The molecule has 1 saturated heterocycles. The first-order valence-electron chi connectivity index (χ1n) is 9.56. The molecule has 0 aromatic heterocycles. The molecule has 6 heteroatoms. The van der Waals surface area contributed by atoms with Crippen molar-refractivity contribution in [3.8, 4) is 0 Å². The van der Waals surface area contributed by atoms with Crippen LogP contribution >= 0.6 is 0 Å². The van der Waals surface area contributed by atoms with Crippen LogP contribution < -0.4 is 11.1 Å². The van der Waals surface area contributed by atoms with Gasteiger partial charge in [0.25, 0.3) is 0 Å². The highest BCUT2D eigenvalue weighted by Gasteiger charge is 2.23. The van der Waals surface area contributed by atoms with Gasteiger partial charge < -0.3 is 20.9 Å². The number of nitrogens with one attached hydrogen (secondary N) is 1. The van der Waals surface area contributed by atoms with Crippen molar-refractivity contribution >= 4 is 11.9 Å². The monoisotopic (exact) mass is 339 g/mol. The Kier molecular flexibility index (Phi) is 10.5. The van der Waals surface area contributed by atoms with Gasteiger partial charge in [-0.05, 0) is 57.7 Å². The zero-order chi connectivity index (χ0) is 17.8. The largest absolute Gasteiger partial charge is 0.370 e. The molecule has 140 valence electrons. The van der Waals surface area contributed by atoms with Gasteiger partial charge in [-0.25, -0.2) is 0 Å². The lowest BCUT2D eigenvalue weighted by atomic mass is 9.95. The molecule has 0 bridgehead atoms. The minimum absolute atomic E-state index is 0.197. The summed E-state index contributed by atoms with van der Waals surface area (Å²) in [6.45, 7) is 10.8. The molecular formula is C18H37N5O. The molecule has 1 unspecified atom stereocenters. The van der Waals surface area contributed by atoms with Gasteiger partial charge in [0.05, 0.1) is 0 Å². The number of likely N-dealkylation sites (tertiary alicyclic amines) is 1. The second-order valence-electron chi connectivity index (χ2n) is 6.79. The second-order valence-corrected chi connectivity index (χ2v) is 6.79. The number of rotatable bonds is 10. The van der Waals surface area contributed by atoms with Crippen LogP contribution in [0.25, 0.3) is 0 Å². The van der Waals surface area contributed by atoms with E-state index in [0.717, 1.165) is 51.4 Å². The molecule has 1 aliphatic rings. The normalized spacial score (nSPS) is 18.9. The molecule has 0 saturated carbocycles. The van der Waals surface area contributed by atoms with E-state index >= 15 is 0 Å². The summed E-state index contributed by atoms with van der Waals surface area (Å²) in [5.74, 6) is 1.12. The lowest BCUT2D eigenvalue weighted by molar-refractivity contribution is -0.119. The van der Waals surface area contributed by atoms with Crippen molar-refractivity contribution in [1.82, 2.24) is 15.1 Å². The van der Waals surface area contributed by atoms with Crippen molar-refractivity contribution in [3.63, 3.8) is 0 Å². The van der Waals surface area contributed by atoms with Crippen molar-refractivity contribution in [2.24, 2.45) is 16.6 Å². The van der Waals surface area contributed by atoms with Gasteiger partial charge in [0.2, 0.25) is 5.91 Å². The van der Waals surface area contributed by atoms with Gasteiger partial charge in [-0.15, -0.1) is 0 Å². The van der Waals surface area contributed by atoms with E-state index in [2.05, 4.69) is 34.0 Å². The Morgan fingerprint density at radius 1 is 1.29 bits per heavy atom. The Hall–Kier alpha value is -1.30. The average Bonchev–Trinajstić information content (AvgIpc) is 2.55. The minimum atomic E-state index is -0.197. The third-order valence-corrected chi connectivity index (χ3v) is 4.53. The van der Waals surface area contributed by atoms with Crippen LogP contribution in [0.5, 0.6) is 0 Å². The summed E-state index contributed by atoms with van der Waals surface area (Å²) in [6, 6.07) is 0. The van der Waals surface area contributed by atoms with E-state index in [1.807, 2.05) is 7.05 Å². The summed E-state index contributed by atoms with van der Waals surface area (Å²) in [4.78, 5) is 20.4. The van der Waals surface area contributed by atoms with Gasteiger partial charge in [-0.1, -0.05) is 13.8 Å². The highest BCUT2D eigenvalue weighted by Crippen LogP contribution is 2.19. The quantitative estimate of drug-likeness (QED) is 0.361. The summed E-state index contributed by atoms with van der Waals surface area (Å²) < 4.78 is 0. The smallest absolute Gasteiger partial charge is 0.217 e. The van der Waals surface area contributed by atoms with Crippen LogP contribution in [0.15, 0.2) is 4.99 Å². The highest BCUT2D eigenvalue weighted by atomic mass is 16.1.